The number of aryl methyl sites for hydroxylation is 1. The molecule has 1 rings (SSSR count). The number of halogens is 1. The number of nitrogens with two attached hydrogens (primary N) is 1. The highest BCUT2D eigenvalue weighted by Crippen LogP contribution is 2.12. The third kappa shape index (κ3) is 2.81. The van der Waals surface area contributed by atoms with E-state index in [2.05, 4.69) is 0 Å². The van der Waals surface area contributed by atoms with Crippen LogP contribution in [-0.2, 0) is 6.42 Å². The molecule has 1 atom stereocenters. The second-order valence-electron chi connectivity index (χ2n) is 3.44. The van der Waals surface area contributed by atoms with Gasteiger partial charge in [-0.1, -0.05) is 13.0 Å². The van der Waals surface area contributed by atoms with E-state index in [1.54, 1.807) is 12.1 Å². The van der Waals surface area contributed by atoms with Crippen molar-refractivity contribution in [3.8, 4) is 0 Å². The Balaban J connectivity index is 2.81. The number of hydrogen-bond donors (Lipinski definition) is 1. The number of rotatable bonds is 3. The van der Waals surface area contributed by atoms with Crippen molar-refractivity contribution in [1.82, 2.24) is 0 Å². The van der Waals surface area contributed by atoms with Crippen LogP contribution in [0.4, 0.5) is 4.39 Å². The summed E-state index contributed by atoms with van der Waals surface area (Å²) in [6, 6.07) is 4.99. The summed E-state index contributed by atoms with van der Waals surface area (Å²) in [7, 11) is 0. The van der Waals surface area contributed by atoms with Crippen molar-refractivity contribution in [2.75, 3.05) is 0 Å². The average molecular weight is 181 g/mol. The van der Waals surface area contributed by atoms with Crippen molar-refractivity contribution in [1.29, 1.82) is 0 Å². The van der Waals surface area contributed by atoms with Gasteiger partial charge < -0.3 is 5.73 Å². The number of hydrogen-bond acceptors (Lipinski definition) is 1. The van der Waals surface area contributed by atoms with Gasteiger partial charge in [-0.15, -0.1) is 0 Å². The molecule has 2 N–H and O–H groups in total. The van der Waals surface area contributed by atoms with Gasteiger partial charge >= 0.3 is 0 Å². The van der Waals surface area contributed by atoms with Crippen LogP contribution < -0.4 is 5.73 Å². The van der Waals surface area contributed by atoms with Crippen molar-refractivity contribution in [3.63, 3.8) is 0 Å². The smallest absolute Gasteiger partial charge is 0.123 e. The molecule has 1 aromatic rings. The van der Waals surface area contributed by atoms with Crippen molar-refractivity contribution >= 4 is 0 Å². The number of benzene rings is 1. The Morgan fingerprint density at radius 1 is 1.46 bits per heavy atom. The van der Waals surface area contributed by atoms with Crippen LogP contribution in [0.3, 0.4) is 0 Å². The molecule has 0 aliphatic rings. The fourth-order valence-electron chi connectivity index (χ4n) is 1.29. The molecule has 0 radical (unpaired) electrons. The molecule has 1 aromatic carbocycles. The maximum Gasteiger partial charge on any atom is 0.123 e. The molecule has 0 saturated carbocycles. The van der Waals surface area contributed by atoms with Crippen LogP contribution in [0.2, 0.25) is 0 Å². The second-order valence-corrected chi connectivity index (χ2v) is 3.44. The predicted molar refractivity (Wildman–Crippen MR) is 53.1 cm³/mol. The quantitative estimate of drug-likeness (QED) is 0.761. The van der Waals surface area contributed by atoms with Gasteiger partial charge in [0.25, 0.3) is 0 Å². The van der Waals surface area contributed by atoms with E-state index in [1.165, 1.54) is 6.07 Å². The molecule has 72 valence electrons. The molecule has 0 fully saturated rings. The molecule has 13 heavy (non-hydrogen) atoms. The van der Waals surface area contributed by atoms with Crippen LogP contribution in [0.15, 0.2) is 18.2 Å². The minimum atomic E-state index is -0.177. The largest absolute Gasteiger partial charge is 0.327 e. The molecule has 1 nitrogen and oxygen atoms in total. The second kappa shape index (κ2) is 4.38. The first-order valence-electron chi connectivity index (χ1n) is 4.64. The van der Waals surface area contributed by atoms with Crippen LogP contribution in [-0.4, -0.2) is 6.04 Å². The lowest BCUT2D eigenvalue weighted by Gasteiger charge is -2.10. The first-order valence-corrected chi connectivity index (χ1v) is 4.64. The Morgan fingerprint density at radius 2 is 2.15 bits per heavy atom. The summed E-state index contributed by atoms with van der Waals surface area (Å²) < 4.78 is 12.9. The Kier molecular flexibility index (Phi) is 3.43. The van der Waals surface area contributed by atoms with Crippen molar-refractivity contribution < 1.29 is 4.39 Å². The summed E-state index contributed by atoms with van der Waals surface area (Å²) >= 11 is 0. The van der Waals surface area contributed by atoms with Gasteiger partial charge in [-0.25, -0.2) is 4.39 Å². The van der Waals surface area contributed by atoms with Gasteiger partial charge in [0.15, 0.2) is 0 Å². The summed E-state index contributed by atoms with van der Waals surface area (Å²) in [6.07, 6.45) is 1.69. The Labute approximate surface area is 78.8 Å². The minimum absolute atomic E-state index is 0.139. The molecule has 0 aromatic heterocycles. The highest BCUT2D eigenvalue weighted by molar-refractivity contribution is 5.27. The van der Waals surface area contributed by atoms with E-state index >= 15 is 0 Å². The van der Waals surface area contributed by atoms with Crippen molar-refractivity contribution in [3.05, 3.63) is 35.1 Å². The molecule has 0 aliphatic carbocycles. The Morgan fingerprint density at radius 3 is 2.77 bits per heavy atom. The molecule has 0 saturated heterocycles. The van der Waals surface area contributed by atoms with Crippen molar-refractivity contribution in [2.24, 2.45) is 5.73 Å². The average Bonchev–Trinajstić information content (AvgIpc) is 2.11. The first-order chi connectivity index (χ1) is 6.13. The summed E-state index contributed by atoms with van der Waals surface area (Å²) in [4.78, 5) is 0. The molecule has 2 heteroatoms. The van der Waals surface area contributed by atoms with Gasteiger partial charge in [0, 0.05) is 6.04 Å². The fraction of sp³-hybridized carbons (Fsp3) is 0.455. The molecule has 0 heterocycles. The lowest BCUT2D eigenvalue weighted by molar-refractivity contribution is 0.613. The minimum Gasteiger partial charge on any atom is -0.327 e. The topological polar surface area (TPSA) is 26.0 Å². The van der Waals surface area contributed by atoms with Gasteiger partial charge in [-0.3, -0.25) is 0 Å². The van der Waals surface area contributed by atoms with E-state index < -0.39 is 0 Å². The third-order valence-corrected chi connectivity index (χ3v) is 2.32. The monoisotopic (exact) mass is 181 g/mol. The summed E-state index contributed by atoms with van der Waals surface area (Å²) in [5, 5.41) is 0. The van der Waals surface area contributed by atoms with Crippen LogP contribution in [0.5, 0.6) is 0 Å². The van der Waals surface area contributed by atoms with Crippen LogP contribution >= 0.6 is 0 Å². The van der Waals surface area contributed by atoms with E-state index in [-0.39, 0.29) is 11.9 Å². The van der Waals surface area contributed by atoms with E-state index in [1.807, 2.05) is 13.8 Å². The van der Waals surface area contributed by atoms with Gasteiger partial charge in [0.1, 0.15) is 5.82 Å². The maximum absolute atomic E-state index is 12.9. The summed E-state index contributed by atoms with van der Waals surface area (Å²) in [6.45, 7) is 4.02. The lowest BCUT2D eigenvalue weighted by Crippen LogP contribution is -2.21. The van der Waals surface area contributed by atoms with E-state index in [0.717, 1.165) is 24.0 Å². The van der Waals surface area contributed by atoms with E-state index in [4.69, 9.17) is 5.73 Å². The fourth-order valence-corrected chi connectivity index (χ4v) is 1.29. The Bertz CT molecular complexity index is 283. The van der Waals surface area contributed by atoms with Gasteiger partial charge in [0.05, 0.1) is 0 Å². The zero-order valence-electron chi connectivity index (χ0n) is 8.18. The maximum atomic E-state index is 12.9. The predicted octanol–water partition coefficient (Wildman–Crippen LogP) is 2.41. The third-order valence-electron chi connectivity index (χ3n) is 2.32. The van der Waals surface area contributed by atoms with Crippen LogP contribution in [0.1, 0.15) is 24.5 Å². The van der Waals surface area contributed by atoms with Crippen LogP contribution in [0.25, 0.3) is 0 Å². The molecule has 0 bridgehead atoms. The standard InChI is InChI=1S/C11H16FN/c1-3-11(13)7-9-6-10(12)5-4-8(9)2/h4-6,11H,3,7,13H2,1-2H3. The summed E-state index contributed by atoms with van der Waals surface area (Å²) in [5.41, 5.74) is 7.94. The van der Waals surface area contributed by atoms with E-state index in [9.17, 15) is 4.39 Å². The van der Waals surface area contributed by atoms with Gasteiger partial charge in [-0.05, 0) is 43.0 Å². The molecule has 0 amide bonds. The first kappa shape index (κ1) is 10.2. The Hall–Kier alpha value is -0.890. The molecule has 0 aliphatic heterocycles. The zero-order chi connectivity index (χ0) is 9.84. The van der Waals surface area contributed by atoms with Gasteiger partial charge in [0.2, 0.25) is 0 Å². The normalized spacial score (nSPS) is 12.9. The summed E-state index contributed by atoms with van der Waals surface area (Å²) in [5.74, 6) is -0.177. The van der Waals surface area contributed by atoms with Crippen molar-refractivity contribution in [2.45, 2.75) is 32.7 Å². The molecular weight excluding hydrogens is 165 g/mol. The zero-order valence-corrected chi connectivity index (χ0v) is 8.18. The highest BCUT2D eigenvalue weighted by Gasteiger charge is 2.04. The van der Waals surface area contributed by atoms with Gasteiger partial charge in [-0.2, -0.15) is 0 Å². The molecule has 1 unspecified atom stereocenters. The lowest BCUT2D eigenvalue weighted by atomic mass is 10.0. The SMILES string of the molecule is CCC(N)Cc1cc(F)ccc1C. The molecule has 0 spiro atoms. The van der Waals surface area contributed by atoms with E-state index in [0.29, 0.717) is 0 Å². The highest BCUT2D eigenvalue weighted by atomic mass is 19.1. The molecular formula is C11H16FN. The van der Waals surface area contributed by atoms with Crippen LogP contribution in [0, 0.1) is 12.7 Å².